The normalized spacial score (nSPS) is 16.8. The molecular weight excluding hydrogens is 294 g/mol. The molecule has 23 heavy (non-hydrogen) atoms. The largest absolute Gasteiger partial charge is 0.368 e. The monoisotopic (exact) mass is 317 g/mol. The number of likely N-dealkylation sites (N-methyl/N-ethyl adjacent to an activating group) is 1. The van der Waals surface area contributed by atoms with Gasteiger partial charge in [-0.2, -0.15) is 4.98 Å². The van der Waals surface area contributed by atoms with Crippen molar-refractivity contribution < 1.29 is 4.52 Å². The number of nitrogens with zero attached hydrogens (tertiary/aromatic N) is 6. The maximum absolute atomic E-state index is 5.66. The Morgan fingerprint density at radius 2 is 1.70 bits per heavy atom. The van der Waals surface area contributed by atoms with Crippen molar-refractivity contribution in [3.05, 3.63) is 28.7 Å². The molecule has 0 unspecified atom stereocenters. The molecular formula is C15H23N7O. The summed E-state index contributed by atoms with van der Waals surface area (Å²) >= 11 is 0. The summed E-state index contributed by atoms with van der Waals surface area (Å²) in [4.78, 5) is 17.6. The van der Waals surface area contributed by atoms with Gasteiger partial charge in [0.15, 0.2) is 5.82 Å². The molecule has 0 aliphatic carbocycles. The van der Waals surface area contributed by atoms with E-state index in [2.05, 4.69) is 37.0 Å². The summed E-state index contributed by atoms with van der Waals surface area (Å²) in [6, 6.07) is 0. The summed E-state index contributed by atoms with van der Waals surface area (Å²) in [5, 5.41) is 4.10. The van der Waals surface area contributed by atoms with Crippen LogP contribution in [0.3, 0.4) is 0 Å². The fraction of sp³-hybridized carbons (Fsp3) is 0.600. The molecule has 0 bridgehead atoms. The molecule has 0 atom stereocenters. The van der Waals surface area contributed by atoms with Crippen molar-refractivity contribution in [1.82, 2.24) is 29.9 Å². The van der Waals surface area contributed by atoms with Crippen LogP contribution in [0.25, 0.3) is 0 Å². The summed E-state index contributed by atoms with van der Waals surface area (Å²) in [6.45, 7) is 8.78. The summed E-state index contributed by atoms with van der Waals surface area (Å²) in [5.74, 6) is 1.62. The van der Waals surface area contributed by atoms with Crippen LogP contribution in [-0.4, -0.2) is 63.1 Å². The minimum absolute atomic E-state index is 0.296. The first-order valence-corrected chi connectivity index (χ1v) is 7.83. The van der Waals surface area contributed by atoms with Crippen LogP contribution in [0.1, 0.15) is 28.7 Å². The lowest BCUT2D eigenvalue weighted by Crippen LogP contribution is -2.44. The zero-order valence-electron chi connectivity index (χ0n) is 13.9. The highest BCUT2D eigenvalue weighted by molar-refractivity contribution is 5.32. The molecule has 0 amide bonds. The highest BCUT2D eigenvalue weighted by atomic mass is 16.5. The van der Waals surface area contributed by atoms with Crippen LogP contribution in [0.5, 0.6) is 0 Å². The van der Waals surface area contributed by atoms with Crippen molar-refractivity contribution in [2.45, 2.75) is 26.8 Å². The summed E-state index contributed by atoms with van der Waals surface area (Å²) in [6.07, 6.45) is 0.535. The maximum atomic E-state index is 5.66. The Hall–Kier alpha value is -2.06. The predicted octanol–water partition coefficient (Wildman–Crippen LogP) is 0.397. The molecule has 0 aromatic carbocycles. The van der Waals surface area contributed by atoms with Crippen molar-refractivity contribution in [2.24, 2.45) is 0 Å². The second-order valence-corrected chi connectivity index (χ2v) is 6.09. The third-order valence-electron chi connectivity index (χ3n) is 4.24. The van der Waals surface area contributed by atoms with Crippen LogP contribution in [0.2, 0.25) is 0 Å². The van der Waals surface area contributed by atoms with Crippen molar-refractivity contribution in [3.63, 3.8) is 0 Å². The Bertz CT molecular complexity index is 653. The number of anilines is 1. The number of piperazine rings is 1. The molecule has 8 nitrogen and oxygen atoms in total. The molecule has 3 rings (SSSR count). The minimum Gasteiger partial charge on any atom is -0.368 e. The molecule has 0 spiro atoms. The van der Waals surface area contributed by atoms with E-state index in [1.165, 1.54) is 0 Å². The fourth-order valence-electron chi connectivity index (χ4n) is 2.80. The molecule has 2 N–H and O–H groups in total. The molecule has 124 valence electrons. The van der Waals surface area contributed by atoms with Gasteiger partial charge in [0, 0.05) is 43.1 Å². The molecule has 1 aliphatic rings. The predicted molar refractivity (Wildman–Crippen MR) is 85.8 cm³/mol. The number of nitrogen functional groups attached to an aromatic ring is 1. The van der Waals surface area contributed by atoms with Crippen molar-refractivity contribution >= 4 is 5.95 Å². The first-order chi connectivity index (χ1) is 11.0. The van der Waals surface area contributed by atoms with Gasteiger partial charge in [0.1, 0.15) is 0 Å². The number of nitrogens with two attached hydrogens (primary N) is 1. The number of hydrogen-bond donors (Lipinski definition) is 1. The molecule has 1 saturated heterocycles. The smallest absolute Gasteiger partial charge is 0.231 e. The van der Waals surface area contributed by atoms with Gasteiger partial charge in [-0.3, -0.25) is 4.90 Å². The van der Waals surface area contributed by atoms with E-state index in [1.54, 1.807) is 0 Å². The Labute approximate surface area is 135 Å². The second kappa shape index (κ2) is 6.59. The molecule has 3 heterocycles. The SMILES string of the molecule is Cc1nc(N)nc(C)c1Cc1nc(CN2CCN(C)CC2)no1. The van der Waals surface area contributed by atoms with Gasteiger partial charge in [-0.1, -0.05) is 5.16 Å². The van der Waals surface area contributed by atoms with Crippen molar-refractivity contribution in [2.75, 3.05) is 39.0 Å². The first-order valence-electron chi connectivity index (χ1n) is 7.83. The third kappa shape index (κ3) is 3.83. The molecule has 1 aliphatic heterocycles. The van der Waals surface area contributed by atoms with Crippen LogP contribution in [-0.2, 0) is 13.0 Å². The lowest BCUT2D eigenvalue weighted by atomic mass is 10.1. The minimum atomic E-state index is 0.296. The van der Waals surface area contributed by atoms with Crippen LogP contribution < -0.4 is 5.73 Å². The first kappa shape index (κ1) is 15.8. The quantitative estimate of drug-likeness (QED) is 0.865. The number of aryl methyl sites for hydroxylation is 2. The van der Waals surface area contributed by atoms with Gasteiger partial charge in [0.2, 0.25) is 11.8 Å². The van der Waals surface area contributed by atoms with Crippen LogP contribution in [0.4, 0.5) is 5.95 Å². The van der Waals surface area contributed by atoms with E-state index >= 15 is 0 Å². The van der Waals surface area contributed by atoms with E-state index in [0.717, 1.165) is 55.5 Å². The molecule has 2 aromatic heterocycles. The Morgan fingerprint density at radius 1 is 1.04 bits per heavy atom. The lowest BCUT2D eigenvalue weighted by Gasteiger charge is -2.31. The highest BCUT2D eigenvalue weighted by Gasteiger charge is 2.18. The average Bonchev–Trinajstić information content (AvgIpc) is 2.93. The summed E-state index contributed by atoms with van der Waals surface area (Å²) < 4.78 is 5.39. The summed E-state index contributed by atoms with van der Waals surface area (Å²) in [5.41, 5.74) is 8.36. The molecule has 0 saturated carbocycles. The topological polar surface area (TPSA) is 97.2 Å². The summed E-state index contributed by atoms with van der Waals surface area (Å²) in [7, 11) is 2.14. The van der Waals surface area contributed by atoms with E-state index in [-0.39, 0.29) is 0 Å². The molecule has 1 fully saturated rings. The van der Waals surface area contributed by atoms with Gasteiger partial charge in [-0.15, -0.1) is 0 Å². The van der Waals surface area contributed by atoms with E-state index in [0.29, 0.717) is 18.3 Å². The van der Waals surface area contributed by atoms with Gasteiger partial charge >= 0.3 is 0 Å². The average molecular weight is 317 g/mol. The van der Waals surface area contributed by atoms with E-state index < -0.39 is 0 Å². The number of aromatic nitrogens is 4. The van der Waals surface area contributed by atoms with Gasteiger partial charge < -0.3 is 15.2 Å². The molecule has 8 heteroatoms. The van der Waals surface area contributed by atoms with Gasteiger partial charge in [0.05, 0.1) is 13.0 Å². The van der Waals surface area contributed by atoms with Crippen LogP contribution >= 0.6 is 0 Å². The van der Waals surface area contributed by atoms with Crippen molar-refractivity contribution in [3.8, 4) is 0 Å². The van der Waals surface area contributed by atoms with E-state index in [9.17, 15) is 0 Å². The van der Waals surface area contributed by atoms with Gasteiger partial charge in [-0.05, 0) is 20.9 Å². The molecule has 0 radical (unpaired) electrons. The zero-order valence-corrected chi connectivity index (χ0v) is 13.9. The van der Waals surface area contributed by atoms with Gasteiger partial charge in [0.25, 0.3) is 0 Å². The second-order valence-electron chi connectivity index (χ2n) is 6.09. The van der Waals surface area contributed by atoms with Crippen LogP contribution in [0.15, 0.2) is 4.52 Å². The Morgan fingerprint density at radius 3 is 2.35 bits per heavy atom. The lowest BCUT2D eigenvalue weighted by molar-refractivity contribution is 0.144. The van der Waals surface area contributed by atoms with E-state index in [1.807, 2.05) is 13.8 Å². The molecule has 2 aromatic rings. The Kier molecular flexibility index (Phi) is 4.53. The van der Waals surface area contributed by atoms with Gasteiger partial charge in [-0.25, -0.2) is 9.97 Å². The number of rotatable bonds is 4. The third-order valence-corrected chi connectivity index (χ3v) is 4.24. The fourth-order valence-corrected chi connectivity index (χ4v) is 2.80. The highest BCUT2D eigenvalue weighted by Crippen LogP contribution is 2.16. The standard InChI is InChI=1S/C15H23N7O/c1-10-12(11(2)18-15(16)17-10)8-14-19-13(20-23-14)9-22-6-4-21(3)5-7-22/h4-9H2,1-3H3,(H2,16,17,18). The van der Waals surface area contributed by atoms with Crippen molar-refractivity contribution in [1.29, 1.82) is 0 Å². The number of hydrogen-bond acceptors (Lipinski definition) is 8. The van der Waals surface area contributed by atoms with Crippen LogP contribution in [0, 0.1) is 13.8 Å². The zero-order chi connectivity index (χ0) is 16.4. The maximum Gasteiger partial charge on any atom is 0.231 e. The van der Waals surface area contributed by atoms with E-state index in [4.69, 9.17) is 10.3 Å². The Balaban J connectivity index is 1.66.